The molecule has 8 aromatic carbocycles. The molecule has 0 saturated heterocycles. The van der Waals surface area contributed by atoms with Gasteiger partial charge in [0.1, 0.15) is 11.2 Å². The standard InChI is InChI=1S/C46H27NOS2/c1-2-13-29-28(12-1)26-27-36-43-38(21-11-23-40(43)48-44(29)36)47(39-22-10-19-35-32-16-5-8-25-42(32)50-46(35)39)37-20-6-3-14-30(37)33-17-9-18-34-31-15-4-7-24-41(31)49-45(33)34/h1-27H. The fourth-order valence-electron chi connectivity index (χ4n) is 7.87. The van der Waals surface area contributed by atoms with Crippen LogP contribution >= 0.6 is 22.7 Å². The zero-order valence-electron chi connectivity index (χ0n) is 26.8. The molecule has 0 aliphatic heterocycles. The molecule has 0 aliphatic carbocycles. The summed E-state index contributed by atoms with van der Waals surface area (Å²) >= 11 is 3.74. The van der Waals surface area contributed by atoms with Gasteiger partial charge in [0.05, 0.1) is 27.1 Å². The van der Waals surface area contributed by atoms with Crippen molar-refractivity contribution in [3.8, 4) is 11.1 Å². The summed E-state index contributed by atoms with van der Waals surface area (Å²) in [6, 6.07) is 59.4. The van der Waals surface area contributed by atoms with Crippen LogP contribution in [0.15, 0.2) is 168 Å². The molecule has 0 bridgehead atoms. The van der Waals surface area contributed by atoms with Crippen LogP contribution in [0.4, 0.5) is 17.1 Å². The van der Waals surface area contributed by atoms with Gasteiger partial charge in [0.15, 0.2) is 0 Å². The molecule has 0 spiro atoms. The smallest absolute Gasteiger partial charge is 0.143 e. The topological polar surface area (TPSA) is 16.4 Å². The molecule has 0 radical (unpaired) electrons. The van der Waals surface area contributed by atoms with Crippen molar-refractivity contribution >= 4 is 113 Å². The molecular formula is C46H27NOS2. The van der Waals surface area contributed by atoms with Crippen molar-refractivity contribution in [2.24, 2.45) is 0 Å². The monoisotopic (exact) mass is 673 g/mol. The minimum absolute atomic E-state index is 0.881. The van der Waals surface area contributed by atoms with Crippen LogP contribution in [0.2, 0.25) is 0 Å². The summed E-state index contributed by atoms with van der Waals surface area (Å²) in [5, 5.41) is 9.69. The van der Waals surface area contributed by atoms with E-state index in [1.54, 1.807) is 0 Å². The Morgan fingerprint density at radius 1 is 0.380 bits per heavy atom. The van der Waals surface area contributed by atoms with E-state index in [1.165, 1.54) is 56.9 Å². The molecule has 3 heterocycles. The third kappa shape index (κ3) is 4.01. The Labute approximate surface area is 295 Å². The van der Waals surface area contributed by atoms with Crippen LogP contribution in [-0.4, -0.2) is 0 Å². The number of fused-ring (bicyclic) bond motifs is 11. The highest BCUT2D eigenvalue weighted by molar-refractivity contribution is 7.26. The summed E-state index contributed by atoms with van der Waals surface area (Å²) < 4.78 is 11.9. The van der Waals surface area contributed by atoms with Crippen LogP contribution in [0.3, 0.4) is 0 Å². The van der Waals surface area contributed by atoms with Gasteiger partial charge in [-0.05, 0) is 47.9 Å². The molecule has 0 fully saturated rings. The fourth-order valence-corrected chi connectivity index (χ4v) is 10.3. The van der Waals surface area contributed by atoms with E-state index < -0.39 is 0 Å². The van der Waals surface area contributed by atoms with Crippen molar-refractivity contribution in [1.29, 1.82) is 0 Å². The summed E-state index contributed by atoms with van der Waals surface area (Å²) in [5.41, 5.74) is 7.62. The minimum Gasteiger partial charge on any atom is -0.455 e. The Morgan fingerprint density at radius 3 is 1.80 bits per heavy atom. The van der Waals surface area contributed by atoms with Crippen molar-refractivity contribution in [2.75, 3.05) is 4.90 Å². The van der Waals surface area contributed by atoms with Gasteiger partial charge in [0.25, 0.3) is 0 Å². The van der Waals surface area contributed by atoms with E-state index >= 15 is 0 Å². The number of benzene rings is 8. The zero-order chi connectivity index (χ0) is 32.8. The average Bonchev–Trinajstić information content (AvgIpc) is 3.87. The lowest BCUT2D eigenvalue weighted by Gasteiger charge is -2.29. The second-order valence-corrected chi connectivity index (χ2v) is 14.9. The lowest BCUT2D eigenvalue weighted by molar-refractivity contribution is 0.672. The average molecular weight is 674 g/mol. The second-order valence-electron chi connectivity index (χ2n) is 12.8. The van der Waals surface area contributed by atoms with Gasteiger partial charge in [-0.25, -0.2) is 0 Å². The molecule has 0 aliphatic rings. The molecule has 11 aromatic rings. The third-order valence-corrected chi connectivity index (χ3v) is 12.5. The van der Waals surface area contributed by atoms with Gasteiger partial charge in [-0.1, -0.05) is 121 Å². The second kappa shape index (κ2) is 10.8. The van der Waals surface area contributed by atoms with E-state index in [4.69, 9.17) is 4.42 Å². The van der Waals surface area contributed by atoms with Crippen molar-refractivity contribution < 1.29 is 4.42 Å². The maximum atomic E-state index is 6.75. The van der Waals surface area contributed by atoms with Crippen molar-refractivity contribution in [3.63, 3.8) is 0 Å². The lowest BCUT2D eigenvalue weighted by Crippen LogP contribution is -2.11. The quantitative estimate of drug-likeness (QED) is 0.185. The molecule has 0 amide bonds. The molecule has 4 heteroatoms. The van der Waals surface area contributed by atoms with Gasteiger partial charge in [-0.2, -0.15) is 0 Å². The first-order valence-electron chi connectivity index (χ1n) is 16.8. The van der Waals surface area contributed by atoms with Crippen molar-refractivity contribution in [1.82, 2.24) is 0 Å². The van der Waals surface area contributed by atoms with Crippen LogP contribution < -0.4 is 4.90 Å². The summed E-state index contributed by atoms with van der Waals surface area (Å²) in [4.78, 5) is 2.49. The largest absolute Gasteiger partial charge is 0.455 e. The molecule has 11 rings (SSSR count). The molecule has 0 atom stereocenters. The van der Waals surface area contributed by atoms with Crippen molar-refractivity contribution in [2.45, 2.75) is 0 Å². The number of hydrogen-bond donors (Lipinski definition) is 0. The van der Waals surface area contributed by atoms with Crippen LogP contribution in [-0.2, 0) is 0 Å². The zero-order valence-corrected chi connectivity index (χ0v) is 28.4. The number of anilines is 3. The first-order chi connectivity index (χ1) is 24.8. The van der Waals surface area contributed by atoms with Crippen LogP contribution in [0, 0.1) is 0 Å². The molecule has 2 nitrogen and oxygen atoms in total. The Hall–Kier alpha value is -5.94. The number of para-hydroxylation sites is 1. The van der Waals surface area contributed by atoms with E-state index in [0.29, 0.717) is 0 Å². The molecule has 3 aromatic heterocycles. The van der Waals surface area contributed by atoms with Gasteiger partial charge in [0, 0.05) is 57.5 Å². The predicted octanol–water partition coefficient (Wildman–Crippen LogP) is 14.6. The lowest BCUT2D eigenvalue weighted by atomic mass is 9.98. The molecule has 234 valence electrons. The van der Waals surface area contributed by atoms with E-state index in [0.717, 1.165) is 44.4 Å². The van der Waals surface area contributed by atoms with Crippen LogP contribution in [0.25, 0.3) is 84.2 Å². The number of thiophene rings is 2. The minimum atomic E-state index is 0.881. The van der Waals surface area contributed by atoms with Gasteiger partial charge < -0.3 is 9.32 Å². The number of rotatable bonds is 4. The number of hydrogen-bond acceptors (Lipinski definition) is 4. The van der Waals surface area contributed by atoms with Gasteiger partial charge in [-0.15, -0.1) is 22.7 Å². The molecule has 0 unspecified atom stereocenters. The highest BCUT2D eigenvalue weighted by Gasteiger charge is 2.25. The Bertz CT molecular complexity index is 3130. The molecule has 0 N–H and O–H groups in total. The van der Waals surface area contributed by atoms with E-state index in [9.17, 15) is 0 Å². The first kappa shape index (κ1) is 28.0. The summed E-state index contributed by atoms with van der Waals surface area (Å²) in [5.74, 6) is 0. The van der Waals surface area contributed by atoms with Crippen LogP contribution in [0.1, 0.15) is 0 Å². The van der Waals surface area contributed by atoms with Crippen molar-refractivity contribution in [3.05, 3.63) is 164 Å². The Morgan fingerprint density at radius 2 is 0.960 bits per heavy atom. The van der Waals surface area contributed by atoms with Gasteiger partial charge >= 0.3 is 0 Å². The van der Waals surface area contributed by atoms with Crippen LogP contribution in [0.5, 0.6) is 0 Å². The van der Waals surface area contributed by atoms with Gasteiger partial charge in [-0.3, -0.25) is 0 Å². The van der Waals surface area contributed by atoms with E-state index in [2.05, 4.69) is 169 Å². The Kier molecular flexibility index (Phi) is 6.03. The summed E-state index contributed by atoms with van der Waals surface area (Å²) in [6.07, 6.45) is 0. The summed E-state index contributed by atoms with van der Waals surface area (Å²) in [6.45, 7) is 0. The van der Waals surface area contributed by atoms with E-state index in [-0.39, 0.29) is 0 Å². The normalized spacial score (nSPS) is 12.0. The maximum absolute atomic E-state index is 6.75. The highest BCUT2D eigenvalue weighted by Crippen LogP contribution is 2.51. The first-order valence-corrected chi connectivity index (χ1v) is 18.5. The number of nitrogens with zero attached hydrogens (tertiary/aromatic N) is 1. The summed E-state index contributed by atoms with van der Waals surface area (Å²) in [7, 11) is 0. The maximum Gasteiger partial charge on any atom is 0.143 e. The molecule has 0 saturated carbocycles. The van der Waals surface area contributed by atoms with Gasteiger partial charge in [0.2, 0.25) is 0 Å². The SMILES string of the molecule is c1ccc(N(c2cccc3c2sc2ccccc23)c2cccc3oc4c5ccccc5ccc4c23)c(-c2cccc3c2sc2ccccc23)c1. The Balaban J connectivity index is 1.26. The number of furan rings is 1. The third-order valence-electron chi connectivity index (χ3n) is 10.1. The van der Waals surface area contributed by atoms with E-state index in [1.807, 2.05) is 22.7 Å². The fraction of sp³-hybridized carbons (Fsp3) is 0. The molecular weight excluding hydrogens is 647 g/mol. The predicted molar refractivity (Wildman–Crippen MR) is 217 cm³/mol. The highest BCUT2D eigenvalue weighted by atomic mass is 32.1. The molecule has 50 heavy (non-hydrogen) atoms.